The van der Waals surface area contributed by atoms with Crippen LogP contribution in [0.15, 0.2) is 43.1 Å². The Kier molecular flexibility index (Phi) is 4.09. The molecule has 2 rings (SSSR count). The summed E-state index contributed by atoms with van der Waals surface area (Å²) in [6.45, 7) is 4.20. The maximum absolute atomic E-state index is 5.81. The number of halogens is 1. The predicted octanol–water partition coefficient (Wildman–Crippen LogP) is 2.87. The fourth-order valence-electron chi connectivity index (χ4n) is 1.28. The molecule has 92 valence electrons. The van der Waals surface area contributed by atoms with Gasteiger partial charge >= 0.3 is 0 Å². The number of hydrogen-bond acceptors (Lipinski definition) is 5. The molecule has 0 saturated heterocycles. The van der Waals surface area contributed by atoms with E-state index in [1.807, 2.05) is 12.1 Å². The van der Waals surface area contributed by atoms with Crippen LogP contribution in [0.2, 0.25) is 5.02 Å². The van der Waals surface area contributed by atoms with Gasteiger partial charge in [0.25, 0.3) is 0 Å². The van der Waals surface area contributed by atoms with Gasteiger partial charge in [0.1, 0.15) is 0 Å². The Labute approximate surface area is 110 Å². The summed E-state index contributed by atoms with van der Waals surface area (Å²) < 4.78 is 0. The van der Waals surface area contributed by atoms with Crippen molar-refractivity contribution in [1.82, 2.24) is 15.2 Å². The summed E-state index contributed by atoms with van der Waals surface area (Å²) in [6.07, 6.45) is 3.27. The number of hydrogen-bond donors (Lipinski definition) is 2. The second kappa shape index (κ2) is 5.97. The van der Waals surface area contributed by atoms with Crippen molar-refractivity contribution in [2.45, 2.75) is 0 Å². The third-order valence-corrected chi connectivity index (χ3v) is 2.33. The molecule has 1 aromatic heterocycles. The molecule has 0 spiro atoms. The first-order valence-electron chi connectivity index (χ1n) is 5.35. The Morgan fingerprint density at radius 2 is 2.06 bits per heavy atom. The number of aromatic nitrogens is 3. The first-order valence-corrected chi connectivity index (χ1v) is 5.73. The van der Waals surface area contributed by atoms with Crippen LogP contribution in [0.4, 0.5) is 17.5 Å². The van der Waals surface area contributed by atoms with Crippen molar-refractivity contribution in [2.24, 2.45) is 0 Å². The maximum Gasteiger partial charge on any atom is 0.244 e. The van der Waals surface area contributed by atoms with E-state index in [0.29, 0.717) is 23.3 Å². The molecule has 5 nitrogen and oxygen atoms in total. The van der Waals surface area contributed by atoms with Crippen LogP contribution in [-0.4, -0.2) is 21.7 Å². The topological polar surface area (TPSA) is 62.7 Å². The number of rotatable bonds is 5. The molecule has 2 N–H and O–H groups in total. The van der Waals surface area contributed by atoms with E-state index in [9.17, 15) is 0 Å². The number of nitrogens with one attached hydrogen (secondary N) is 2. The molecule has 1 heterocycles. The Bertz CT molecular complexity index is 526. The predicted molar refractivity (Wildman–Crippen MR) is 73.2 cm³/mol. The third kappa shape index (κ3) is 3.43. The van der Waals surface area contributed by atoms with Crippen LogP contribution in [0, 0.1) is 0 Å². The normalized spacial score (nSPS) is 9.83. The van der Waals surface area contributed by atoms with Gasteiger partial charge in [-0.3, -0.25) is 0 Å². The first-order chi connectivity index (χ1) is 8.78. The van der Waals surface area contributed by atoms with Crippen LogP contribution in [-0.2, 0) is 0 Å². The van der Waals surface area contributed by atoms with Crippen LogP contribution in [0.25, 0.3) is 0 Å². The van der Waals surface area contributed by atoms with E-state index in [0.717, 1.165) is 5.69 Å². The molecule has 18 heavy (non-hydrogen) atoms. The summed E-state index contributed by atoms with van der Waals surface area (Å²) in [5.41, 5.74) is 0.884. The number of benzene rings is 1. The van der Waals surface area contributed by atoms with Crippen LogP contribution in [0.3, 0.4) is 0 Å². The lowest BCUT2D eigenvalue weighted by Gasteiger charge is -2.06. The molecule has 1 aromatic carbocycles. The van der Waals surface area contributed by atoms with Gasteiger partial charge in [-0.25, -0.2) is 0 Å². The average molecular weight is 262 g/mol. The quantitative estimate of drug-likeness (QED) is 0.811. The van der Waals surface area contributed by atoms with Crippen molar-refractivity contribution in [3.05, 3.63) is 48.1 Å². The van der Waals surface area contributed by atoms with Crippen molar-refractivity contribution in [1.29, 1.82) is 0 Å². The fraction of sp³-hybridized carbons (Fsp3) is 0.0833. The minimum atomic E-state index is 0.453. The van der Waals surface area contributed by atoms with E-state index in [1.165, 1.54) is 0 Å². The van der Waals surface area contributed by atoms with Crippen molar-refractivity contribution < 1.29 is 0 Å². The number of anilines is 3. The van der Waals surface area contributed by atoms with Gasteiger partial charge in [-0.05, 0) is 24.3 Å². The highest BCUT2D eigenvalue weighted by atomic mass is 35.5. The molecule has 0 saturated carbocycles. The summed E-state index contributed by atoms with van der Waals surface area (Å²) >= 11 is 5.81. The first kappa shape index (κ1) is 12.3. The van der Waals surface area contributed by atoms with Gasteiger partial charge in [-0.15, -0.1) is 11.7 Å². The van der Waals surface area contributed by atoms with Gasteiger partial charge in [0, 0.05) is 17.3 Å². The molecule has 0 fully saturated rings. The highest BCUT2D eigenvalue weighted by molar-refractivity contribution is 6.30. The Hall–Kier alpha value is -2.14. The fourth-order valence-corrected chi connectivity index (χ4v) is 1.41. The Morgan fingerprint density at radius 3 is 2.78 bits per heavy atom. The Morgan fingerprint density at radius 1 is 1.28 bits per heavy atom. The van der Waals surface area contributed by atoms with E-state index in [4.69, 9.17) is 11.6 Å². The molecular weight excluding hydrogens is 250 g/mol. The molecule has 0 unspecified atom stereocenters. The number of nitrogens with zero attached hydrogens (tertiary/aromatic N) is 3. The standard InChI is InChI=1S/C12H12ClN5/c1-2-7-14-12-17-11(8-15-18-12)16-10-5-3-9(13)4-6-10/h2-6,8H,1,7H2,(H2,14,16,17,18). The molecule has 0 aliphatic rings. The largest absolute Gasteiger partial charge is 0.349 e. The zero-order chi connectivity index (χ0) is 12.8. The minimum Gasteiger partial charge on any atom is -0.349 e. The lowest BCUT2D eigenvalue weighted by atomic mass is 10.3. The summed E-state index contributed by atoms with van der Waals surface area (Å²) in [7, 11) is 0. The van der Waals surface area contributed by atoms with Crippen molar-refractivity contribution >= 4 is 29.1 Å². The molecule has 0 atom stereocenters. The Balaban J connectivity index is 2.08. The molecule has 6 heteroatoms. The SMILES string of the molecule is C=CCNc1nncc(Nc2ccc(Cl)cc2)n1. The van der Waals surface area contributed by atoms with Gasteiger partial charge in [0.2, 0.25) is 5.95 Å². The minimum absolute atomic E-state index is 0.453. The lowest BCUT2D eigenvalue weighted by molar-refractivity contribution is 0.968. The monoisotopic (exact) mass is 261 g/mol. The van der Waals surface area contributed by atoms with Crippen LogP contribution in [0.1, 0.15) is 0 Å². The smallest absolute Gasteiger partial charge is 0.244 e. The summed E-state index contributed by atoms with van der Waals surface area (Å²) in [5.74, 6) is 1.06. The second-order valence-electron chi connectivity index (χ2n) is 3.47. The molecule has 0 radical (unpaired) electrons. The van der Waals surface area contributed by atoms with Gasteiger partial charge in [-0.1, -0.05) is 17.7 Å². The summed E-state index contributed by atoms with van der Waals surface area (Å²) in [5, 5.41) is 14.5. The zero-order valence-electron chi connectivity index (χ0n) is 9.60. The zero-order valence-corrected chi connectivity index (χ0v) is 10.4. The van der Waals surface area contributed by atoms with Crippen LogP contribution < -0.4 is 10.6 Å². The van der Waals surface area contributed by atoms with Crippen molar-refractivity contribution in [2.75, 3.05) is 17.2 Å². The molecule has 0 aliphatic carbocycles. The summed E-state index contributed by atoms with van der Waals surface area (Å²) in [6, 6.07) is 7.33. The summed E-state index contributed by atoms with van der Waals surface area (Å²) in [4.78, 5) is 4.25. The second-order valence-corrected chi connectivity index (χ2v) is 3.90. The van der Waals surface area contributed by atoms with E-state index < -0.39 is 0 Å². The van der Waals surface area contributed by atoms with E-state index in [1.54, 1.807) is 24.4 Å². The highest BCUT2D eigenvalue weighted by Crippen LogP contribution is 2.17. The maximum atomic E-state index is 5.81. The van der Waals surface area contributed by atoms with Crippen molar-refractivity contribution in [3.8, 4) is 0 Å². The average Bonchev–Trinajstić information content (AvgIpc) is 2.40. The third-order valence-electron chi connectivity index (χ3n) is 2.08. The van der Waals surface area contributed by atoms with Gasteiger partial charge < -0.3 is 10.6 Å². The van der Waals surface area contributed by atoms with Gasteiger partial charge in [0.15, 0.2) is 5.82 Å². The van der Waals surface area contributed by atoms with E-state index in [2.05, 4.69) is 32.4 Å². The van der Waals surface area contributed by atoms with Gasteiger partial charge in [-0.2, -0.15) is 10.1 Å². The van der Waals surface area contributed by atoms with E-state index >= 15 is 0 Å². The van der Waals surface area contributed by atoms with Crippen LogP contribution >= 0.6 is 11.6 Å². The molecular formula is C12H12ClN5. The molecule has 0 amide bonds. The molecule has 0 bridgehead atoms. The van der Waals surface area contributed by atoms with Crippen molar-refractivity contribution in [3.63, 3.8) is 0 Å². The highest BCUT2D eigenvalue weighted by Gasteiger charge is 2.00. The van der Waals surface area contributed by atoms with Gasteiger partial charge in [0.05, 0.1) is 6.20 Å². The molecule has 2 aromatic rings. The molecule has 0 aliphatic heterocycles. The van der Waals surface area contributed by atoms with Crippen LogP contribution in [0.5, 0.6) is 0 Å². The van der Waals surface area contributed by atoms with E-state index in [-0.39, 0.29) is 0 Å². The lowest BCUT2D eigenvalue weighted by Crippen LogP contribution is -2.05.